The van der Waals surface area contributed by atoms with Gasteiger partial charge in [-0.3, -0.25) is 0 Å². The fourth-order valence-corrected chi connectivity index (χ4v) is 0.854. The molecule has 74 valence electrons. The molecular formula is C9H21NO2. The average Bonchev–Trinajstić information content (AvgIpc) is 2.04. The van der Waals surface area contributed by atoms with Gasteiger partial charge in [0.2, 0.25) is 0 Å². The van der Waals surface area contributed by atoms with Gasteiger partial charge in [0.1, 0.15) is 0 Å². The number of aliphatic hydroxyl groups excluding tert-OH is 1. The third kappa shape index (κ3) is 6.58. The van der Waals surface area contributed by atoms with Crippen LogP contribution in [-0.4, -0.2) is 37.5 Å². The lowest BCUT2D eigenvalue weighted by molar-refractivity contribution is 0.178. The SMILES string of the molecule is COCCCCNC(C)(C)CO. The highest BCUT2D eigenvalue weighted by Crippen LogP contribution is 1.99. The summed E-state index contributed by atoms with van der Waals surface area (Å²) in [7, 11) is 1.71. The van der Waals surface area contributed by atoms with Crippen molar-refractivity contribution in [3.05, 3.63) is 0 Å². The van der Waals surface area contributed by atoms with E-state index in [0.717, 1.165) is 26.0 Å². The molecule has 2 N–H and O–H groups in total. The Balaban J connectivity index is 3.19. The topological polar surface area (TPSA) is 41.5 Å². The maximum absolute atomic E-state index is 8.91. The van der Waals surface area contributed by atoms with Gasteiger partial charge >= 0.3 is 0 Å². The molecule has 0 radical (unpaired) electrons. The molecule has 0 saturated heterocycles. The number of aliphatic hydroxyl groups is 1. The van der Waals surface area contributed by atoms with E-state index in [2.05, 4.69) is 5.32 Å². The first kappa shape index (κ1) is 11.9. The molecule has 0 bridgehead atoms. The summed E-state index contributed by atoms with van der Waals surface area (Å²) in [4.78, 5) is 0. The van der Waals surface area contributed by atoms with Crippen molar-refractivity contribution in [3.63, 3.8) is 0 Å². The second-order valence-electron chi connectivity index (χ2n) is 3.67. The predicted octanol–water partition coefficient (Wildman–Crippen LogP) is 0.774. The zero-order chi connectivity index (χ0) is 9.45. The number of nitrogens with one attached hydrogen (secondary N) is 1. The average molecular weight is 175 g/mol. The molecule has 0 aliphatic carbocycles. The Kier molecular flexibility index (Phi) is 6.34. The third-order valence-corrected chi connectivity index (χ3v) is 1.77. The van der Waals surface area contributed by atoms with Crippen molar-refractivity contribution < 1.29 is 9.84 Å². The summed E-state index contributed by atoms with van der Waals surface area (Å²) in [5.41, 5.74) is -0.146. The van der Waals surface area contributed by atoms with Crippen molar-refractivity contribution in [2.24, 2.45) is 0 Å². The fraction of sp³-hybridized carbons (Fsp3) is 1.00. The van der Waals surface area contributed by atoms with Gasteiger partial charge in [-0.25, -0.2) is 0 Å². The highest BCUT2D eigenvalue weighted by molar-refractivity contribution is 4.75. The number of hydrogen-bond acceptors (Lipinski definition) is 3. The monoisotopic (exact) mass is 175 g/mol. The fourth-order valence-electron chi connectivity index (χ4n) is 0.854. The van der Waals surface area contributed by atoms with Crippen LogP contribution in [0.3, 0.4) is 0 Å². The van der Waals surface area contributed by atoms with Crippen molar-refractivity contribution in [2.75, 3.05) is 26.9 Å². The Morgan fingerprint density at radius 1 is 1.33 bits per heavy atom. The van der Waals surface area contributed by atoms with E-state index in [9.17, 15) is 0 Å². The summed E-state index contributed by atoms with van der Waals surface area (Å²) in [6.07, 6.45) is 2.17. The van der Waals surface area contributed by atoms with Crippen LogP contribution in [0.2, 0.25) is 0 Å². The van der Waals surface area contributed by atoms with E-state index in [-0.39, 0.29) is 12.1 Å². The normalized spacial score (nSPS) is 12.0. The van der Waals surface area contributed by atoms with E-state index in [1.807, 2.05) is 13.8 Å². The molecule has 3 nitrogen and oxygen atoms in total. The van der Waals surface area contributed by atoms with Crippen LogP contribution in [-0.2, 0) is 4.74 Å². The number of unbranched alkanes of at least 4 members (excludes halogenated alkanes) is 1. The van der Waals surface area contributed by atoms with Crippen LogP contribution >= 0.6 is 0 Å². The molecule has 0 heterocycles. The predicted molar refractivity (Wildman–Crippen MR) is 50.3 cm³/mol. The van der Waals surface area contributed by atoms with Gasteiger partial charge in [-0.15, -0.1) is 0 Å². The Labute approximate surface area is 75.1 Å². The van der Waals surface area contributed by atoms with Crippen molar-refractivity contribution in [1.82, 2.24) is 5.32 Å². The molecule has 0 aliphatic heterocycles. The minimum absolute atomic E-state index is 0.146. The van der Waals surface area contributed by atoms with E-state index in [4.69, 9.17) is 9.84 Å². The Morgan fingerprint density at radius 3 is 2.50 bits per heavy atom. The standard InChI is InChI=1S/C9H21NO2/c1-9(2,8-11)10-6-4-5-7-12-3/h10-11H,4-8H2,1-3H3. The Morgan fingerprint density at radius 2 is 2.00 bits per heavy atom. The van der Waals surface area contributed by atoms with Gasteiger partial charge in [-0.1, -0.05) is 0 Å². The number of hydrogen-bond donors (Lipinski definition) is 2. The lowest BCUT2D eigenvalue weighted by Crippen LogP contribution is -2.43. The van der Waals surface area contributed by atoms with E-state index in [0.29, 0.717) is 0 Å². The minimum atomic E-state index is -0.146. The van der Waals surface area contributed by atoms with Gasteiger partial charge in [-0.2, -0.15) is 0 Å². The van der Waals surface area contributed by atoms with E-state index >= 15 is 0 Å². The van der Waals surface area contributed by atoms with Gasteiger partial charge in [-0.05, 0) is 33.2 Å². The summed E-state index contributed by atoms with van der Waals surface area (Å²) in [6, 6.07) is 0. The van der Waals surface area contributed by atoms with Crippen molar-refractivity contribution >= 4 is 0 Å². The summed E-state index contributed by atoms with van der Waals surface area (Å²) in [5.74, 6) is 0. The second kappa shape index (κ2) is 6.40. The van der Waals surface area contributed by atoms with Crippen LogP contribution in [0.4, 0.5) is 0 Å². The first-order valence-electron chi connectivity index (χ1n) is 4.47. The summed E-state index contributed by atoms with van der Waals surface area (Å²) in [5, 5.41) is 12.2. The summed E-state index contributed by atoms with van der Waals surface area (Å²) < 4.78 is 4.92. The molecule has 0 amide bonds. The van der Waals surface area contributed by atoms with Crippen molar-refractivity contribution in [3.8, 4) is 0 Å². The third-order valence-electron chi connectivity index (χ3n) is 1.77. The molecule has 3 heteroatoms. The molecule has 12 heavy (non-hydrogen) atoms. The first-order valence-corrected chi connectivity index (χ1v) is 4.47. The van der Waals surface area contributed by atoms with E-state index < -0.39 is 0 Å². The smallest absolute Gasteiger partial charge is 0.0607 e. The van der Waals surface area contributed by atoms with E-state index in [1.54, 1.807) is 7.11 Å². The second-order valence-corrected chi connectivity index (χ2v) is 3.67. The number of methoxy groups -OCH3 is 1. The van der Waals surface area contributed by atoms with Crippen molar-refractivity contribution in [1.29, 1.82) is 0 Å². The molecule has 0 unspecified atom stereocenters. The number of rotatable bonds is 7. The zero-order valence-corrected chi connectivity index (χ0v) is 8.39. The molecule has 0 fully saturated rings. The molecule has 0 aromatic heterocycles. The zero-order valence-electron chi connectivity index (χ0n) is 8.39. The maximum Gasteiger partial charge on any atom is 0.0607 e. The van der Waals surface area contributed by atoms with Gasteiger partial charge < -0.3 is 15.2 Å². The lowest BCUT2D eigenvalue weighted by atomic mass is 10.1. The van der Waals surface area contributed by atoms with Crippen molar-refractivity contribution in [2.45, 2.75) is 32.2 Å². The summed E-state index contributed by atoms with van der Waals surface area (Å²) >= 11 is 0. The highest BCUT2D eigenvalue weighted by atomic mass is 16.5. The largest absolute Gasteiger partial charge is 0.394 e. The maximum atomic E-state index is 8.91. The van der Waals surface area contributed by atoms with Crippen LogP contribution in [0.15, 0.2) is 0 Å². The Hall–Kier alpha value is -0.120. The van der Waals surface area contributed by atoms with E-state index in [1.165, 1.54) is 0 Å². The molecule has 0 saturated carbocycles. The minimum Gasteiger partial charge on any atom is -0.394 e. The van der Waals surface area contributed by atoms with Gasteiger partial charge in [0, 0.05) is 19.3 Å². The highest BCUT2D eigenvalue weighted by Gasteiger charge is 2.13. The molecule has 0 aliphatic rings. The van der Waals surface area contributed by atoms with Crippen LogP contribution < -0.4 is 5.32 Å². The molecular weight excluding hydrogens is 154 g/mol. The van der Waals surface area contributed by atoms with Crippen LogP contribution in [0, 0.1) is 0 Å². The van der Waals surface area contributed by atoms with Crippen LogP contribution in [0.25, 0.3) is 0 Å². The molecule has 0 rings (SSSR count). The summed E-state index contributed by atoms with van der Waals surface area (Å²) in [6.45, 7) is 5.92. The molecule has 0 atom stereocenters. The van der Waals surface area contributed by atoms with Crippen LogP contribution in [0.5, 0.6) is 0 Å². The van der Waals surface area contributed by atoms with Gasteiger partial charge in [0.05, 0.1) is 6.61 Å². The molecule has 0 aromatic rings. The van der Waals surface area contributed by atoms with Gasteiger partial charge in [0.15, 0.2) is 0 Å². The first-order chi connectivity index (χ1) is 5.62. The molecule has 0 aromatic carbocycles. The quantitative estimate of drug-likeness (QED) is 0.562. The Bertz CT molecular complexity index is 105. The number of ether oxygens (including phenoxy) is 1. The lowest BCUT2D eigenvalue weighted by Gasteiger charge is -2.23. The van der Waals surface area contributed by atoms with Gasteiger partial charge in [0.25, 0.3) is 0 Å². The van der Waals surface area contributed by atoms with Crippen LogP contribution in [0.1, 0.15) is 26.7 Å². The molecule has 0 spiro atoms.